The number of rotatable bonds is 3. The van der Waals surface area contributed by atoms with Crippen LogP contribution in [0.15, 0.2) is 64.8 Å². The van der Waals surface area contributed by atoms with Crippen molar-refractivity contribution in [1.29, 1.82) is 0 Å². The first-order chi connectivity index (χ1) is 14.6. The zero-order valence-electron chi connectivity index (χ0n) is 16.6. The number of anilines is 1. The lowest BCUT2D eigenvalue weighted by atomic mass is 10.1. The number of carbonyl (C=O) groups excluding carboxylic acids is 2. The Morgan fingerprint density at radius 1 is 1.17 bits per heavy atom. The summed E-state index contributed by atoms with van der Waals surface area (Å²) in [5.74, 6) is 0.0964. The molecule has 2 N–H and O–H groups in total. The van der Waals surface area contributed by atoms with Gasteiger partial charge in [-0.3, -0.25) is 4.79 Å². The number of fused-ring (bicyclic) bond motifs is 2. The predicted octanol–water partition coefficient (Wildman–Crippen LogP) is 2.94. The number of aliphatic imine (C=N–C) groups is 1. The van der Waals surface area contributed by atoms with Crippen molar-refractivity contribution in [3.05, 3.63) is 59.8 Å². The minimum absolute atomic E-state index is 0.0440. The molecular weight excluding hydrogens is 386 g/mol. The largest absolute Gasteiger partial charge is 0.485 e. The number of carbonyl (C=O) groups is 2. The molecule has 0 fully saturated rings. The molecule has 2 aliphatic rings. The van der Waals surface area contributed by atoms with E-state index in [1.807, 2.05) is 24.3 Å². The molecule has 0 aromatic heterocycles. The highest BCUT2D eigenvalue weighted by Gasteiger charge is 2.31. The van der Waals surface area contributed by atoms with E-state index in [0.717, 1.165) is 0 Å². The van der Waals surface area contributed by atoms with Crippen LogP contribution in [-0.4, -0.2) is 37.0 Å². The number of amides is 1. The van der Waals surface area contributed by atoms with Crippen molar-refractivity contribution in [2.45, 2.75) is 20.0 Å². The molecule has 2 aromatic carbocycles. The molecule has 0 unspecified atom stereocenters. The smallest absolute Gasteiger partial charge is 0.343 e. The lowest BCUT2D eigenvalue weighted by molar-refractivity contribution is -0.137. The first kappa shape index (κ1) is 19.5. The van der Waals surface area contributed by atoms with Crippen LogP contribution < -0.4 is 20.1 Å². The Balaban J connectivity index is 1.64. The van der Waals surface area contributed by atoms with E-state index in [1.54, 1.807) is 38.1 Å². The highest BCUT2D eigenvalue weighted by molar-refractivity contribution is 6.24. The van der Waals surface area contributed by atoms with Gasteiger partial charge in [-0.15, -0.1) is 0 Å². The summed E-state index contributed by atoms with van der Waals surface area (Å²) in [5, 5.41) is 5.89. The maximum Gasteiger partial charge on any atom is 0.343 e. The Bertz CT molecular complexity index is 1060. The quantitative estimate of drug-likeness (QED) is 0.760. The van der Waals surface area contributed by atoms with Gasteiger partial charge in [-0.05, 0) is 38.1 Å². The summed E-state index contributed by atoms with van der Waals surface area (Å²) in [5.41, 5.74) is 1.96. The second kappa shape index (κ2) is 8.28. The average Bonchev–Trinajstić information content (AvgIpc) is 2.88. The van der Waals surface area contributed by atoms with Crippen molar-refractivity contribution in [3.8, 4) is 11.5 Å². The number of allylic oxidation sites excluding steroid dienone is 1. The van der Waals surface area contributed by atoms with E-state index in [2.05, 4.69) is 15.6 Å². The van der Waals surface area contributed by atoms with Crippen LogP contribution in [0.4, 0.5) is 11.4 Å². The van der Waals surface area contributed by atoms with E-state index in [9.17, 15) is 9.59 Å². The summed E-state index contributed by atoms with van der Waals surface area (Å²) in [4.78, 5) is 30.1. The van der Waals surface area contributed by atoms with Crippen molar-refractivity contribution in [2.24, 2.45) is 4.99 Å². The van der Waals surface area contributed by atoms with Gasteiger partial charge in [0.15, 0.2) is 11.5 Å². The van der Waals surface area contributed by atoms with Crippen LogP contribution in [0.25, 0.3) is 0 Å². The van der Waals surface area contributed by atoms with Crippen molar-refractivity contribution >= 4 is 29.1 Å². The van der Waals surface area contributed by atoms with Crippen LogP contribution in [0.2, 0.25) is 0 Å². The van der Waals surface area contributed by atoms with Gasteiger partial charge in [-0.25, -0.2) is 9.79 Å². The molecule has 1 atom stereocenters. The van der Waals surface area contributed by atoms with Gasteiger partial charge in [-0.1, -0.05) is 24.3 Å². The molecule has 30 heavy (non-hydrogen) atoms. The van der Waals surface area contributed by atoms with Gasteiger partial charge in [-0.2, -0.15) is 0 Å². The van der Waals surface area contributed by atoms with E-state index >= 15 is 0 Å². The Kier molecular flexibility index (Phi) is 5.38. The summed E-state index contributed by atoms with van der Waals surface area (Å²) >= 11 is 0. The lowest BCUT2D eigenvalue weighted by Gasteiger charge is -2.25. The van der Waals surface area contributed by atoms with Crippen LogP contribution >= 0.6 is 0 Å². The minimum Gasteiger partial charge on any atom is -0.485 e. The number of esters is 1. The summed E-state index contributed by atoms with van der Waals surface area (Å²) < 4.78 is 16.6. The predicted molar refractivity (Wildman–Crippen MR) is 111 cm³/mol. The first-order valence-corrected chi connectivity index (χ1v) is 9.59. The molecule has 0 saturated heterocycles. The zero-order valence-corrected chi connectivity index (χ0v) is 16.6. The van der Waals surface area contributed by atoms with Gasteiger partial charge in [0, 0.05) is 5.70 Å². The number of nitrogens with one attached hydrogen (secondary N) is 2. The summed E-state index contributed by atoms with van der Waals surface area (Å²) in [6, 6.07) is 14.4. The average molecular weight is 407 g/mol. The highest BCUT2D eigenvalue weighted by atomic mass is 16.6. The third-order valence-corrected chi connectivity index (χ3v) is 4.59. The number of hydrogen-bond acceptors (Lipinski definition) is 7. The molecular formula is C22H21N3O5. The molecule has 4 rings (SSSR count). The molecule has 8 heteroatoms. The topological polar surface area (TPSA) is 98.2 Å². The fourth-order valence-corrected chi connectivity index (χ4v) is 3.18. The maximum atomic E-state index is 12.9. The monoisotopic (exact) mass is 407 g/mol. The Labute approximate surface area is 173 Å². The van der Waals surface area contributed by atoms with Crippen LogP contribution in [0.1, 0.15) is 13.8 Å². The van der Waals surface area contributed by atoms with Gasteiger partial charge in [0.25, 0.3) is 5.91 Å². The van der Waals surface area contributed by atoms with Gasteiger partial charge >= 0.3 is 5.97 Å². The Hall–Kier alpha value is -3.81. The Morgan fingerprint density at radius 2 is 1.90 bits per heavy atom. The third kappa shape index (κ3) is 3.84. The van der Waals surface area contributed by atoms with Crippen molar-refractivity contribution in [1.82, 2.24) is 5.32 Å². The van der Waals surface area contributed by atoms with E-state index in [-0.39, 0.29) is 24.6 Å². The van der Waals surface area contributed by atoms with Gasteiger partial charge in [0.1, 0.15) is 18.0 Å². The van der Waals surface area contributed by atoms with E-state index in [1.165, 1.54) is 0 Å². The zero-order chi connectivity index (χ0) is 21.1. The maximum absolute atomic E-state index is 12.9. The van der Waals surface area contributed by atoms with E-state index < -0.39 is 18.0 Å². The molecule has 154 valence electrons. The molecule has 0 bridgehead atoms. The van der Waals surface area contributed by atoms with Gasteiger partial charge in [0.05, 0.1) is 18.0 Å². The number of nitrogens with zero attached hydrogens (tertiary/aromatic N) is 1. The molecule has 2 heterocycles. The molecule has 0 saturated carbocycles. The van der Waals surface area contributed by atoms with Gasteiger partial charge in [0.2, 0.25) is 6.10 Å². The van der Waals surface area contributed by atoms with Crippen LogP contribution in [0, 0.1) is 0 Å². The van der Waals surface area contributed by atoms with Gasteiger partial charge < -0.3 is 24.8 Å². The molecule has 0 radical (unpaired) electrons. The Morgan fingerprint density at radius 3 is 2.70 bits per heavy atom. The normalized spacial score (nSPS) is 17.1. The van der Waals surface area contributed by atoms with Crippen molar-refractivity contribution in [3.63, 3.8) is 0 Å². The highest BCUT2D eigenvalue weighted by Crippen LogP contribution is 2.32. The SMILES string of the molecule is CCOC(=O)C1=C(C)Nc2ccccc2N=C1NC(=O)[C@@H]1COc2ccccc2O1. The summed E-state index contributed by atoms with van der Waals surface area (Å²) in [7, 11) is 0. The van der Waals surface area contributed by atoms with E-state index in [4.69, 9.17) is 14.2 Å². The molecule has 0 spiro atoms. The molecule has 8 nitrogen and oxygen atoms in total. The van der Waals surface area contributed by atoms with E-state index in [0.29, 0.717) is 28.6 Å². The molecule has 1 amide bonds. The third-order valence-electron chi connectivity index (χ3n) is 4.59. The number of amidine groups is 1. The van der Waals surface area contributed by atoms with Crippen molar-refractivity contribution < 1.29 is 23.8 Å². The summed E-state index contributed by atoms with van der Waals surface area (Å²) in [6.07, 6.45) is -0.891. The summed E-state index contributed by atoms with van der Waals surface area (Å²) in [6.45, 7) is 3.68. The fourth-order valence-electron chi connectivity index (χ4n) is 3.18. The lowest BCUT2D eigenvalue weighted by Crippen LogP contribution is -2.47. The minimum atomic E-state index is -0.891. The number of hydrogen-bond donors (Lipinski definition) is 2. The first-order valence-electron chi connectivity index (χ1n) is 9.59. The second-order valence-corrected chi connectivity index (χ2v) is 6.68. The number of benzene rings is 2. The fraction of sp³-hybridized carbons (Fsp3) is 0.227. The van der Waals surface area contributed by atoms with Crippen LogP contribution in [0.5, 0.6) is 11.5 Å². The van der Waals surface area contributed by atoms with Crippen LogP contribution in [-0.2, 0) is 14.3 Å². The standard InChI is InChI=1S/C22H21N3O5/c1-3-28-22(27)19-13(2)23-14-8-4-5-9-15(14)24-20(19)25-21(26)18-12-29-16-10-6-7-11-17(16)30-18/h4-11,18,23H,3,12H2,1-2H3,(H,24,25,26)/t18-/m0/s1. The van der Waals surface area contributed by atoms with Crippen LogP contribution in [0.3, 0.4) is 0 Å². The van der Waals surface area contributed by atoms with Crippen molar-refractivity contribution in [2.75, 3.05) is 18.5 Å². The second-order valence-electron chi connectivity index (χ2n) is 6.68. The number of para-hydroxylation sites is 4. The number of ether oxygens (including phenoxy) is 3. The molecule has 2 aliphatic heterocycles. The molecule has 2 aromatic rings. The molecule has 0 aliphatic carbocycles.